The largest absolute Gasteiger partial charge is 0.309 e. The van der Waals surface area contributed by atoms with E-state index in [0.717, 1.165) is 11.4 Å². The van der Waals surface area contributed by atoms with Gasteiger partial charge in [0.15, 0.2) is 0 Å². The fourth-order valence-electron chi connectivity index (χ4n) is 5.22. The lowest BCUT2D eigenvalue weighted by molar-refractivity contribution is 1.13. The number of halogens is 1. The van der Waals surface area contributed by atoms with Gasteiger partial charge in [-0.3, -0.25) is 0 Å². The summed E-state index contributed by atoms with van der Waals surface area (Å²) in [4.78, 5) is 0. The fraction of sp³-hybridized carbons (Fsp3) is 0. The van der Waals surface area contributed by atoms with Gasteiger partial charge in [0.2, 0.25) is 0 Å². The third-order valence-electron chi connectivity index (χ3n) is 6.54. The van der Waals surface area contributed by atoms with Gasteiger partial charge in [-0.25, -0.2) is 0 Å². The van der Waals surface area contributed by atoms with Gasteiger partial charge in [0.1, 0.15) is 0 Å². The van der Waals surface area contributed by atoms with Crippen LogP contribution in [0, 0.1) is 0 Å². The summed E-state index contributed by atoms with van der Waals surface area (Å²) in [6, 6.07) is 40.6. The summed E-state index contributed by atoms with van der Waals surface area (Å²) in [5, 5.41) is 5.68. The molecule has 0 atom stereocenters. The van der Waals surface area contributed by atoms with Crippen LogP contribution in [0.3, 0.4) is 0 Å². The molecule has 0 saturated heterocycles. The van der Waals surface area contributed by atoms with Gasteiger partial charge in [0.05, 0.1) is 22.1 Å². The van der Waals surface area contributed by atoms with Crippen molar-refractivity contribution in [2.45, 2.75) is 0 Å². The number of fused-ring (bicyclic) bond motifs is 6. The summed E-state index contributed by atoms with van der Waals surface area (Å²) in [7, 11) is 0. The highest BCUT2D eigenvalue weighted by Gasteiger charge is 2.15. The molecule has 0 bridgehead atoms. The van der Waals surface area contributed by atoms with Gasteiger partial charge in [-0.2, -0.15) is 0 Å². The molecule has 0 aliphatic rings. The zero-order valence-corrected chi connectivity index (χ0v) is 18.5. The van der Waals surface area contributed by atoms with Crippen LogP contribution < -0.4 is 0 Å². The Bertz CT molecular complexity index is 1600. The van der Waals surface area contributed by atoms with Gasteiger partial charge in [-0.15, -0.1) is 0 Å². The zero-order valence-electron chi connectivity index (χ0n) is 17.7. The van der Waals surface area contributed by atoms with Crippen LogP contribution in [-0.2, 0) is 0 Å². The number of hydrogen-bond donors (Lipinski definition) is 0. The summed E-state index contributed by atoms with van der Waals surface area (Å²) in [6.45, 7) is 0. The molecule has 0 N–H and O–H groups in total. The molecule has 3 heteroatoms. The van der Waals surface area contributed by atoms with Crippen LogP contribution >= 0.6 is 11.6 Å². The van der Waals surface area contributed by atoms with Crippen LogP contribution in [0.25, 0.3) is 55.0 Å². The first-order chi connectivity index (χ1) is 16.3. The third-order valence-corrected chi connectivity index (χ3v) is 6.76. The topological polar surface area (TPSA) is 9.86 Å². The number of para-hydroxylation sites is 4. The fourth-order valence-corrected chi connectivity index (χ4v) is 5.44. The molecule has 2 aromatic heterocycles. The Kier molecular flexibility index (Phi) is 3.93. The molecule has 2 heterocycles. The summed E-state index contributed by atoms with van der Waals surface area (Å²) in [5.41, 5.74) is 6.81. The van der Waals surface area contributed by atoms with Crippen LogP contribution in [0.15, 0.2) is 115 Å². The van der Waals surface area contributed by atoms with Gasteiger partial charge >= 0.3 is 0 Å². The van der Waals surface area contributed by atoms with E-state index < -0.39 is 0 Å². The number of benzene rings is 5. The van der Waals surface area contributed by atoms with Gasteiger partial charge in [-0.1, -0.05) is 84.4 Å². The van der Waals surface area contributed by atoms with E-state index in [-0.39, 0.29) is 0 Å². The Morgan fingerprint density at radius 1 is 0.394 bits per heavy atom. The van der Waals surface area contributed by atoms with Crippen LogP contribution in [0.4, 0.5) is 0 Å². The van der Waals surface area contributed by atoms with Crippen molar-refractivity contribution in [1.82, 2.24) is 9.13 Å². The highest BCUT2D eigenvalue weighted by molar-refractivity contribution is 6.31. The number of aromatic nitrogens is 2. The second-order valence-corrected chi connectivity index (χ2v) is 8.84. The van der Waals surface area contributed by atoms with Crippen molar-refractivity contribution in [3.63, 3.8) is 0 Å². The molecule has 33 heavy (non-hydrogen) atoms. The third kappa shape index (κ3) is 2.68. The first-order valence-electron chi connectivity index (χ1n) is 11.1. The molecule has 0 fully saturated rings. The predicted octanol–water partition coefficient (Wildman–Crippen LogP) is 8.53. The van der Waals surface area contributed by atoms with E-state index in [1.165, 1.54) is 43.6 Å². The Hall–Kier alpha value is -4.01. The molecule has 0 radical (unpaired) electrons. The van der Waals surface area contributed by atoms with Crippen molar-refractivity contribution in [3.8, 4) is 11.4 Å². The van der Waals surface area contributed by atoms with E-state index in [0.29, 0.717) is 5.02 Å². The van der Waals surface area contributed by atoms with Crippen molar-refractivity contribution < 1.29 is 0 Å². The van der Waals surface area contributed by atoms with Gasteiger partial charge in [0, 0.05) is 37.9 Å². The van der Waals surface area contributed by atoms with E-state index in [2.05, 4.69) is 124 Å². The Balaban J connectivity index is 1.58. The standard InChI is InChI=1S/C30H19ClN2/c31-20-17-21(32-27-13-5-1-9-23(27)24-10-2-6-14-28(24)32)19-22(18-20)33-29-15-7-3-11-25(29)26-12-4-8-16-30(26)33/h1-19H. The Labute approximate surface area is 195 Å². The van der Waals surface area contributed by atoms with Gasteiger partial charge in [0.25, 0.3) is 0 Å². The van der Waals surface area contributed by atoms with Crippen LogP contribution in [0.2, 0.25) is 5.02 Å². The average Bonchev–Trinajstić information content (AvgIpc) is 3.37. The summed E-state index contributed by atoms with van der Waals surface area (Å²) in [5.74, 6) is 0. The van der Waals surface area contributed by atoms with Crippen LogP contribution in [0.5, 0.6) is 0 Å². The molecular formula is C30H19ClN2. The molecule has 2 nitrogen and oxygen atoms in total. The minimum Gasteiger partial charge on any atom is -0.309 e. The van der Waals surface area contributed by atoms with Crippen molar-refractivity contribution >= 4 is 55.2 Å². The summed E-state index contributed by atoms with van der Waals surface area (Å²) >= 11 is 6.76. The molecule has 0 spiro atoms. The molecule has 0 unspecified atom stereocenters. The second kappa shape index (κ2) is 6.99. The maximum atomic E-state index is 6.76. The van der Waals surface area contributed by atoms with Gasteiger partial charge < -0.3 is 9.13 Å². The minimum absolute atomic E-state index is 0.714. The van der Waals surface area contributed by atoms with E-state index >= 15 is 0 Å². The molecule has 0 saturated carbocycles. The SMILES string of the molecule is Clc1cc(-n2c3ccccc3c3ccccc32)cc(-n2c3ccccc3c3ccccc32)c1. The van der Waals surface area contributed by atoms with Crippen LogP contribution in [0.1, 0.15) is 0 Å². The molecule has 7 rings (SSSR count). The van der Waals surface area contributed by atoms with E-state index in [1.54, 1.807) is 0 Å². The second-order valence-electron chi connectivity index (χ2n) is 8.41. The summed E-state index contributed by atoms with van der Waals surface area (Å²) < 4.78 is 4.63. The highest BCUT2D eigenvalue weighted by Crippen LogP contribution is 2.36. The maximum absolute atomic E-state index is 6.76. The Morgan fingerprint density at radius 3 is 1.03 bits per heavy atom. The normalized spacial score (nSPS) is 11.8. The maximum Gasteiger partial charge on any atom is 0.0541 e. The molecule has 156 valence electrons. The smallest absolute Gasteiger partial charge is 0.0541 e. The Morgan fingerprint density at radius 2 is 0.697 bits per heavy atom. The van der Waals surface area contributed by atoms with Crippen molar-refractivity contribution in [2.75, 3.05) is 0 Å². The lowest BCUT2D eigenvalue weighted by Crippen LogP contribution is -1.99. The predicted molar refractivity (Wildman–Crippen MR) is 140 cm³/mol. The first-order valence-corrected chi connectivity index (χ1v) is 11.5. The first kappa shape index (κ1) is 18.6. The molecule has 7 aromatic rings. The molecule has 0 amide bonds. The molecular weight excluding hydrogens is 424 g/mol. The van der Waals surface area contributed by atoms with Crippen LogP contribution in [-0.4, -0.2) is 9.13 Å². The molecule has 0 aliphatic heterocycles. The van der Waals surface area contributed by atoms with E-state index in [1.807, 2.05) is 0 Å². The quantitative estimate of drug-likeness (QED) is 0.254. The van der Waals surface area contributed by atoms with Crippen molar-refractivity contribution in [2.24, 2.45) is 0 Å². The number of rotatable bonds is 2. The van der Waals surface area contributed by atoms with E-state index in [4.69, 9.17) is 11.6 Å². The van der Waals surface area contributed by atoms with Gasteiger partial charge in [-0.05, 0) is 42.5 Å². The number of hydrogen-bond acceptors (Lipinski definition) is 0. The molecule has 0 aliphatic carbocycles. The number of nitrogens with zero attached hydrogens (tertiary/aromatic N) is 2. The molecule has 5 aromatic carbocycles. The lowest BCUT2D eigenvalue weighted by atomic mass is 10.2. The monoisotopic (exact) mass is 442 g/mol. The van der Waals surface area contributed by atoms with Crippen molar-refractivity contribution in [1.29, 1.82) is 0 Å². The van der Waals surface area contributed by atoms with E-state index in [9.17, 15) is 0 Å². The average molecular weight is 443 g/mol. The minimum atomic E-state index is 0.714. The summed E-state index contributed by atoms with van der Waals surface area (Å²) in [6.07, 6.45) is 0. The zero-order chi connectivity index (χ0) is 21.9. The highest BCUT2D eigenvalue weighted by atomic mass is 35.5. The lowest BCUT2D eigenvalue weighted by Gasteiger charge is -2.13. The van der Waals surface area contributed by atoms with Crippen molar-refractivity contribution in [3.05, 3.63) is 120 Å².